The highest BCUT2D eigenvalue weighted by molar-refractivity contribution is 5.50. The van der Waals surface area contributed by atoms with Crippen LogP contribution in [-0.2, 0) is 13.0 Å². The van der Waals surface area contributed by atoms with Crippen molar-refractivity contribution in [3.05, 3.63) is 41.7 Å². The van der Waals surface area contributed by atoms with Crippen LogP contribution >= 0.6 is 0 Å². The van der Waals surface area contributed by atoms with E-state index < -0.39 is 0 Å². The Morgan fingerprint density at radius 3 is 2.62 bits per heavy atom. The van der Waals surface area contributed by atoms with Crippen LogP contribution in [0.1, 0.15) is 37.6 Å². The molecule has 1 heterocycles. The maximum absolute atomic E-state index is 9.34. The molecule has 0 atom stereocenters. The summed E-state index contributed by atoms with van der Waals surface area (Å²) in [7, 11) is 1.62. The Kier molecular flexibility index (Phi) is 6.56. The second-order valence-electron chi connectivity index (χ2n) is 5.65. The number of hydrogen-bond donors (Lipinski definition) is 1. The molecular weight excluding hydrogens is 302 g/mol. The Balaban J connectivity index is 2.07. The van der Waals surface area contributed by atoms with Crippen LogP contribution in [0.3, 0.4) is 0 Å². The summed E-state index contributed by atoms with van der Waals surface area (Å²) >= 11 is 0. The standard InChI is InChI=1S/C19H25N3O2/c1-3-4-5-8-17-16(21)13-15(14-20)22(17)11-12-24-19-10-7-6-9-18(19)23-2/h6-7,9-10,13H,3-5,8,11-12,21H2,1-2H3. The maximum Gasteiger partial charge on any atom is 0.161 e. The second kappa shape index (κ2) is 8.88. The van der Waals surface area contributed by atoms with E-state index in [0.29, 0.717) is 36.0 Å². The van der Waals surface area contributed by atoms with E-state index in [1.165, 1.54) is 0 Å². The highest BCUT2D eigenvalue weighted by atomic mass is 16.5. The van der Waals surface area contributed by atoms with Crippen LogP contribution in [0.25, 0.3) is 0 Å². The molecule has 0 saturated carbocycles. The molecule has 128 valence electrons. The Morgan fingerprint density at radius 1 is 1.21 bits per heavy atom. The molecule has 0 saturated heterocycles. The Hall–Kier alpha value is -2.61. The molecule has 0 amide bonds. The van der Waals surface area contributed by atoms with Crippen LogP contribution in [0.2, 0.25) is 0 Å². The fourth-order valence-corrected chi connectivity index (χ4v) is 2.76. The minimum absolute atomic E-state index is 0.448. The van der Waals surface area contributed by atoms with Crippen molar-refractivity contribution in [2.24, 2.45) is 0 Å². The number of unbranched alkanes of at least 4 members (excludes halogenated alkanes) is 2. The number of aromatic nitrogens is 1. The van der Waals surface area contributed by atoms with Crippen LogP contribution in [0.15, 0.2) is 30.3 Å². The fraction of sp³-hybridized carbons (Fsp3) is 0.421. The molecule has 0 aliphatic rings. The average molecular weight is 327 g/mol. The van der Waals surface area contributed by atoms with Gasteiger partial charge in [-0.25, -0.2) is 0 Å². The van der Waals surface area contributed by atoms with Crippen molar-refractivity contribution in [3.63, 3.8) is 0 Å². The Bertz CT molecular complexity index is 701. The molecule has 1 aromatic carbocycles. The summed E-state index contributed by atoms with van der Waals surface area (Å²) < 4.78 is 13.1. The van der Waals surface area contributed by atoms with Crippen molar-refractivity contribution >= 4 is 5.69 Å². The van der Waals surface area contributed by atoms with E-state index >= 15 is 0 Å². The predicted octanol–water partition coefficient (Wildman–Crippen LogP) is 3.76. The van der Waals surface area contributed by atoms with E-state index in [0.717, 1.165) is 31.4 Å². The molecule has 0 radical (unpaired) electrons. The molecular formula is C19H25N3O2. The third kappa shape index (κ3) is 4.23. The number of nitrogens with zero attached hydrogens (tertiary/aromatic N) is 2. The molecule has 5 nitrogen and oxygen atoms in total. The maximum atomic E-state index is 9.34. The molecule has 5 heteroatoms. The number of methoxy groups -OCH3 is 1. The first-order chi connectivity index (χ1) is 11.7. The van der Waals surface area contributed by atoms with Crippen LogP contribution < -0.4 is 15.2 Å². The molecule has 0 bridgehead atoms. The normalized spacial score (nSPS) is 10.4. The molecule has 0 aliphatic carbocycles. The SMILES string of the molecule is CCCCCc1c(N)cc(C#N)n1CCOc1ccccc1OC. The summed E-state index contributed by atoms with van der Waals surface area (Å²) in [5.74, 6) is 1.40. The lowest BCUT2D eigenvalue weighted by Gasteiger charge is -2.14. The van der Waals surface area contributed by atoms with Crippen LogP contribution in [0.4, 0.5) is 5.69 Å². The zero-order valence-electron chi connectivity index (χ0n) is 14.4. The van der Waals surface area contributed by atoms with E-state index in [4.69, 9.17) is 15.2 Å². The number of ether oxygens (including phenoxy) is 2. The minimum atomic E-state index is 0.448. The fourth-order valence-electron chi connectivity index (χ4n) is 2.76. The summed E-state index contributed by atoms with van der Waals surface area (Å²) in [5, 5.41) is 9.34. The number of para-hydroxylation sites is 2. The smallest absolute Gasteiger partial charge is 0.161 e. The third-order valence-corrected chi connectivity index (χ3v) is 4.02. The van der Waals surface area contributed by atoms with E-state index in [1.54, 1.807) is 13.2 Å². The predicted molar refractivity (Wildman–Crippen MR) is 95.3 cm³/mol. The summed E-state index contributed by atoms with van der Waals surface area (Å²) in [6.45, 7) is 3.20. The van der Waals surface area contributed by atoms with Crippen molar-refractivity contribution in [2.75, 3.05) is 19.5 Å². The van der Waals surface area contributed by atoms with E-state index in [-0.39, 0.29) is 0 Å². The number of rotatable bonds is 9. The molecule has 2 aromatic rings. The summed E-state index contributed by atoms with van der Waals surface area (Å²) in [4.78, 5) is 0. The van der Waals surface area contributed by atoms with Gasteiger partial charge in [0.05, 0.1) is 19.3 Å². The van der Waals surface area contributed by atoms with Gasteiger partial charge in [-0.1, -0.05) is 31.9 Å². The van der Waals surface area contributed by atoms with E-state index in [1.807, 2.05) is 28.8 Å². The van der Waals surface area contributed by atoms with Gasteiger partial charge in [0.2, 0.25) is 0 Å². The van der Waals surface area contributed by atoms with Gasteiger partial charge in [0.15, 0.2) is 11.5 Å². The molecule has 0 spiro atoms. The number of nitrogen functional groups attached to an aromatic ring is 1. The number of hydrogen-bond acceptors (Lipinski definition) is 4. The molecule has 2 rings (SSSR count). The van der Waals surface area contributed by atoms with Gasteiger partial charge in [0.1, 0.15) is 18.4 Å². The Labute approximate surface area is 143 Å². The van der Waals surface area contributed by atoms with Crippen molar-refractivity contribution in [1.82, 2.24) is 4.57 Å². The average Bonchev–Trinajstić information content (AvgIpc) is 2.91. The molecule has 1 aromatic heterocycles. The Morgan fingerprint density at radius 2 is 1.96 bits per heavy atom. The summed E-state index contributed by atoms with van der Waals surface area (Å²) in [6.07, 6.45) is 4.27. The molecule has 0 unspecified atom stereocenters. The zero-order chi connectivity index (χ0) is 17.4. The lowest BCUT2D eigenvalue weighted by atomic mass is 10.1. The largest absolute Gasteiger partial charge is 0.493 e. The molecule has 0 fully saturated rings. The number of nitrogens with two attached hydrogens (primary N) is 1. The van der Waals surface area contributed by atoms with Crippen LogP contribution in [-0.4, -0.2) is 18.3 Å². The van der Waals surface area contributed by atoms with Crippen LogP contribution in [0, 0.1) is 11.3 Å². The highest BCUT2D eigenvalue weighted by Gasteiger charge is 2.13. The van der Waals surface area contributed by atoms with Gasteiger partial charge in [-0.3, -0.25) is 0 Å². The van der Waals surface area contributed by atoms with Gasteiger partial charge < -0.3 is 19.8 Å². The highest BCUT2D eigenvalue weighted by Crippen LogP contribution is 2.26. The van der Waals surface area contributed by atoms with Crippen molar-refractivity contribution in [1.29, 1.82) is 5.26 Å². The van der Waals surface area contributed by atoms with Crippen molar-refractivity contribution in [3.8, 4) is 17.6 Å². The second-order valence-corrected chi connectivity index (χ2v) is 5.65. The van der Waals surface area contributed by atoms with Gasteiger partial charge >= 0.3 is 0 Å². The number of nitriles is 1. The number of anilines is 1. The van der Waals surface area contributed by atoms with E-state index in [9.17, 15) is 5.26 Å². The number of benzene rings is 1. The topological polar surface area (TPSA) is 73.2 Å². The van der Waals surface area contributed by atoms with Crippen LogP contribution in [0.5, 0.6) is 11.5 Å². The van der Waals surface area contributed by atoms with Crippen molar-refractivity contribution < 1.29 is 9.47 Å². The minimum Gasteiger partial charge on any atom is -0.493 e. The summed E-state index contributed by atoms with van der Waals surface area (Å²) in [5.41, 5.74) is 8.41. The van der Waals surface area contributed by atoms with E-state index in [2.05, 4.69) is 13.0 Å². The quantitative estimate of drug-likeness (QED) is 0.712. The summed E-state index contributed by atoms with van der Waals surface area (Å²) in [6, 6.07) is 11.5. The first kappa shape index (κ1) is 17.7. The lowest BCUT2D eigenvalue weighted by Crippen LogP contribution is -2.13. The molecule has 24 heavy (non-hydrogen) atoms. The van der Waals surface area contributed by atoms with Gasteiger partial charge in [-0.2, -0.15) is 5.26 Å². The van der Waals surface area contributed by atoms with Crippen molar-refractivity contribution in [2.45, 2.75) is 39.2 Å². The molecule has 0 aliphatic heterocycles. The van der Waals surface area contributed by atoms with Gasteiger partial charge in [-0.05, 0) is 31.0 Å². The third-order valence-electron chi connectivity index (χ3n) is 4.02. The first-order valence-electron chi connectivity index (χ1n) is 8.35. The monoisotopic (exact) mass is 327 g/mol. The lowest BCUT2D eigenvalue weighted by molar-refractivity contribution is 0.278. The zero-order valence-corrected chi connectivity index (χ0v) is 14.4. The van der Waals surface area contributed by atoms with Gasteiger partial charge in [0.25, 0.3) is 0 Å². The van der Waals surface area contributed by atoms with Gasteiger partial charge in [0, 0.05) is 5.69 Å². The first-order valence-corrected chi connectivity index (χ1v) is 8.35. The van der Waals surface area contributed by atoms with Gasteiger partial charge in [-0.15, -0.1) is 0 Å². The molecule has 2 N–H and O–H groups in total.